The molecule has 74 valence electrons. The lowest BCUT2D eigenvalue weighted by Gasteiger charge is -2.17. The van der Waals surface area contributed by atoms with Crippen LogP contribution in [0.1, 0.15) is 18.4 Å². The van der Waals surface area contributed by atoms with Crippen LogP contribution in [0.15, 0.2) is 18.2 Å². The fourth-order valence-corrected chi connectivity index (χ4v) is 1.82. The predicted octanol–water partition coefficient (Wildman–Crippen LogP) is 1.70. The van der Waals surface area contributed by atoms with Crippen LogP contribution >= 0.6 is 0 Å². The third-order valence-electron chi connectivity index (χ3n) is 2.55. The van der Waals surface area contributed by atoms with Gasteiger partial charge >= 0.3 is 0 Å². The number of hydrogen-bond donors (Lipinski definition) is 1. The zero-order chi connectivity index (χ0) is 10.1. The van der Waals surface area contributed by atoms with Gasteiger partial charge in [-0.1, -0.05) is 6.07 Å². The zero-order valence-corrected chi connectivity index (χ0v) is 8.29. The smallest absolute Gasteiger partial charge is 0.227 e. The summed E-state index contributed by atoms with van der Waals surface area (Å²) >= 11 is 0. The van der Waals surface area contributed by atoms with E-state index in [1.807, 2.05) is 25.1 Å². The van der Waals surface area contributed by atoms with Crippen LogP contribution in [0.2, 0.25) is 0 Å². The van der Waals surface area contributed by atoms with Crippen molar-refractivity contribution >= 4 is 17.3 Å². The van der Waals surface area contributed by atoms with Gasteiger partial charge in [0.1, 0.15) is 0 Å². The molecule has 1 aliphatic rings. The Morgan fingerprint density at radius 2 is 2.21 bits per heavy atom. The molecular formula is C11H14N2O. The Morgan fingerprint density at radius 1 is 1.43 bits per heavy atom. The number of carbonyl (C=O) groups is 1. The number of aryl methyl sites for hydroxylation is 1. The van der Waals surface area contributed by atoms with Crippen molar-refractivity contribution in [2.45, 2.75) is 19.8 Å². The maximum atomic E-state index is 11.5. The molecule has 1 aromatic carbocycles. The van der Waals surface area contributed by atoms with Crippen LogP contribution in [-0.4, -0.2) is 12.5 Å². The van der Waals surface area contributed by atoms with Crippen LogP contribution in [0.5, 0.6) is 0 Å². The average Bonchev–Trinajstić information content (AvgIpc) is 2.52. The highest BCUT2D eigenvalue weighted by Crippen LogP contribution is 2.27. The molecule has 0 atom stereocenters. The van der Waals surface area contributed by atoms with Crippen LogP contribution in [0.4, 0.5) is 11.4 Å². The fraction of sp³-hybridized carbons (Fsp3) is 0.364. The Labute approximate surface area is 83.5 Å². The lowest BCUT2D eigenvalue weighted by atomic mass is 10.2. The number of nitrogen functional groups attached to an aromatic ring is 1. The third-order valence-corrected chi connectivity index (χ3v) is 2.55. The summed E-state index contributed by atoms with van der Waals surface area (Å²) in [6.07, 6.45) is 1.58. The Morgan fingerprint density at radius 3 is 2.79 bits per heavy atom. The largest absolute Gasteiger partial charge is 0.397 e. The Hall–Kier alpha value is -1.51. The second-order valence-electron chi connectivity index (χ2n) is 3.71. The molecule has 3 nitrogen and oxygen atoms in total. The van der Waals surface area contributed by atoms with Crippen molar-refractivity contribution in [1.29, 1.82) is 0 Å². The van der Waals surface area contributed by atoms with Crippen molar-refractivity contribution in [2.75, 3.05) is 17.2 Å². The molecule has 1 saturated heterocycles. The number of benzene rings is 1. The first-order valence-corrected chi connectivity index (χ1v) is 4.85. The van der Waals surface area contributed by atoms with Crippen molar-refractivity contribution in [3.63, 3.8) is 0 Å². The number of carbonyl (C=O) groups excluding carboxylic acids is 1. The maximum absolute atomic E-state index is 11.5. The lowest BCUT2D eigenvalue weighted by molar-refractivity contribution is -0.117. The normalized spacial score (nSPS) is 16.4. The summed E-state index contributed by atoms with van der Waals surface area (Å²) in [5.74, 6) is 0.181. The molecule has 1 aliphatic heterocycles. The number of nitrogens with two attached hydrogens (primary N) is 1. The van der Waals surface area contributed by atoms with Crippen molar-refractivity contribution in [1.82, 2.24) is 0 Å². The van der Waals surface area contributed by atoms with E-state index in [2.05, 4.69) is 0 Å². The highest BCUT2D eigenvalue weighted by atomic mass is 16.2. The summed E-state index contributed by atoms with van der Waals surface area (Å²) in [5, 5.41) is 0. The van der Waals surface area contributed by atoms with Crippen molar-refractivity contribution < 1.29 is 4.79 Å². The second-order valence-corrected chi connectivity index (χ2v) is 3.71. The van der Waals surface area contributed by atoms with E-state index in [4.69, 9.17) is 5.73 Å². The number of amides is 1. The van der Waals surface area contributed by atoms with Gasteiger partial charge in [0, 0.05) is 13.0 Å². The molecule has 0 saturated carbocycles. The first-order chi connectivity index (χ1) is 6.68. The minimum absolute atomic E-state index is 0.181. The molecule has 0 aromatic heterocycles. The van der Waals surface area contributed by atoms with Gasteiger partial charge in [-0.2, -0.15) is 0 Å². The van der Waals surface area contributed by atoms with Gasteiger partial charge in [0.05, 0.1) is 11.4 Å². The molecule has 1 aromatic rings. The summed E-state index contributed by atoms with van der Waals surface area (Å²) in [4.78, 5) is 13.3. The minimum atomic E-state index is 0.181. The highest BCUT2D eigenvalue weighted by molar-refractivity contribution is 5.98. The van der Waals surface area contributed by atoms with Gasteiger partial charge in [-0.3, -0.25) is 4.79 Å². The topological polar surface area (TPSA) is 46.3 Å². The van der Waals surface area contributed by atoms with E-state index >= 15 is 0 Å². The van der Waals surface area contributed by atoms with E-state index in [9.17, 15) is 4.79 Å². The molecule has 0 bridgehead atoms. The molecule has 2 rings (SSSR count). The van der Waals surface area contributed by atoms with E-state index in [0.717, 1.165) is 24.2 Å². The van der Waals surface area contributed by atoms with E-state index in [1.165, 1.54) is 0 Å². The van der Waals surface area contributed by atoms with Gasteiger partial charge in [-0.25, -0.2) is 0 Å². The van der Waals surface area contributed by atoms with Gasteiger partial charge in [-0.15, -0.1) is 0 Å². The molecule has 0 aliphatic carbocycles. The standard InChI is InChI=1S/C11H14N2O/c1-8-4-5-10(9(12)7-8)13-6-2-3-11(13)14/h4-5,7H,2-3,6,12H2,1H3. The summed E-state index contributed by atoms with van der Waals surface area (Å²) in [6, 6.07) is 5.81. The summed E-state index contributed by atoms with van der Waals surface area (Å²) in [6.45, 7) is 2.79. The first kappa shape index (κ1) is 9.06. The molecule has 2 N–H and O–H groups in total. The summed E-state index contributed by atoms with van der Waals surface area (Å²) in [7, 11) is 0. The summed E-state index contributed by atoms with van der Waals surface area (Å²) in [5.41, 5.74) is 8.55. The quantitative estimate of drug-likeness (QED) is 0.685. The molecule has 0 spiro atoms. The van der Waals surface area contributed by atoms with Gasteiger partial charge in [0.15, 0.2) is 0 Å². The van der Waals surface area contributed by atoms with Crippen LogP contribution in [-0.2, 0) is 4.79 Å². The number of nitrogens with zero attached hydrogens (tertiary/aromatic N) is 1. The summed E-state index contributed by atoms with van der Waals surface area (Å²) < 4.78 is 0. The monoisotopic (exact) mass is 190 g/mol. The van der Waals surface area contributed by atoms with Crippen LogP contribution in [0.25, 0.3) is 0 Å². The number of hydrogen-bond acceptors (Lipinski definition) is 2. The van der Waals surface area contributed by atoms with Crippen LogP contribution in [0.3, 0.4) is 0 Å². The van der Waals surface area contributed by atoms with Crippen molar-refractivity contribution in [3.05, 3.63) is 23.8 Å². The van der Waals surface area contributed by atoms with Gasteiger partial charge in [0.2, 0.25) is 5.91 Å². The van der Waals surface area contributed by atoms with Gasteiger partial charge in [-0.05, 0) is 31.0 Å². The molecule has 14 heavy (non-hydrogen) atoms. The van der Waals surface area contributed by atoms with Crippen LogP contribution in [0, 0.1) is 6.92 Å². The van der Waals surface area contributed by atoms with Gasteiger partial charge < -0.3 is 10.6 Å². The van der Waals surface area contributed by atoms with Gasteiger partial charge in [0.25, 0.3) is 0 Å². The van der Waals surface area contributed by atoms with E-state index in [1.54, 1.807) is 4.90 Å². The maximum Gasteiger partial charge on any atom is 0.227 e. The Bertz CT molecular complexity index is 374. The average molecular weight is 190 g/mol. The molecule has 0 radical (unpaired) electrons. The van der Waals surface area contributed by atoms with E-state index in [-0.39, 0.29) is 5.91 Å². The molecule has 3 heteroatoms. The number of rotatable bonds is 1. The third kappa shape index (κ3) is 1.45. The number of anilines is 2. The zero-order valence-electron chi connectivity index (χ0n) is 8.29. The minimum Gasteiger partial charge on any atom is -0.397 e. The Kier molecular flexibility index (Phi) is 2.15. The Balaban J connectivity index is 2.36. The van der Waals surface area contributed by atoms with Crippen LogP contribution < -0.4 is 10.6 Å². The lowest BCUT2D eigenvalue weighted by Crippen LogP contribution is -2.24. The van der Waals surface area contributed by atoms with E-state index < -0.39 is 0 Å². The molecule has 1 heterocycles. The van der Waals surface area contributed by atoms with Crippen molar-refractivity contribution in [2.24, 2.45) is 0 Å². The molecule has 0 unspecified atom stereocenters. The molecule has 1 amide bonds. The predicted molar refractivity (Wildman–Crippen MR) is 57.2 cm³/mol. The first-order valence-electron chi connectivity index (χ1n) is 4.85. The fourth-order valence-electron chi connectivity index (χ4n) is 1.82. The molecule has 1 fully saturated rings. The van der Waals surface area contributed by atoms with E-state index in [0.29, 0.717) is 12.1 Å². The highest BCUT2D eigenvalue weighted by Gasteiger charge is 2.22. The second kappa shape index (κ2) is 3.33. The molecular weight excluding hydrogens is 176 g/mol. The van der Waals surface area contributed by atoms with Crippen molar-refractivity contribution in [3.8, 4) is 0 Å². The SMILES string of the molecule is Cc1ccc(N2CCCC2=O)c(N)c1.